The molecule has 1 aromatic heterocycles. The van der Waals surface area contributed by atoms with Crippen molar-refractivity contribution in [2.75, 3.05) is 7.11 Å². The molecule has 0 aliphatic heterocycles. The maximum Gasteiger partial charge on any atom is 0.312 e. The van der Waals surface area contributed by atoms with Crippen molar-refractivity contribution in [2.45, 2.75) is 12.8 Å². The molecule has 1 atom stereocenters. The lowest BCUT2D eigenvalue weighted by Crippen LogP contribution is -2.07. The fourth-order valence-electron chi connectivity index (χ4n) is 1.50. The summed E-state index contributed by atoms with van der Waals surface area (Å²) in [6.07, 6.45) is 0. The lowest BCUT2D eigenvalue weighted by molar-refractivity contribution is -0.138. The Labute approximate surface area is 109 Å². The van der Waals surface area contributed by atoms with Crippen molar-refractivity contribution in [1.29, 1.82) is 0 Å². The predicted octanol–water partition coefficient (Wildman–Crippen LogP) is 3.01. The molecule has 2 rings (SSSR count). The maximum atomic E-state index is 10.9. The van der Waals surface area contributed by atoms with Gasteiger partial charge in [-0.1, -0.05) is 12.1 Å². The highest BCUT2D eigenvalue weighted by Gasteiger charge is 2.17. The Morgan fingerprint density at radius 2 is 2.28 bits per heavy atom. The lowest BCUT2D eigenvalue weighted by atomic mass is 10.1. The molecule has 0 aliphatic carbocycles. The number of carboxylic acid groups (broad SMARTS) is 1. The number of benzene rings is 1. The van der Waals surface area contributed by atoms with E-state index in [-0.39, 0.29) is 0 Å². The summed E-state index contributed by atoms with van der Waals surface area (Å²) in [5.41, 5.74) is 1.52. The molecule has 0 spiro atoms. The van der Waals surface area contributed by atoms with Gasteiger partial charge in [0.2, 0.25) is 0 Å². The van der Waals surface area contributed by atoms with E-state index in [4.69, 9.17) is 9.84 Å². The van der Waals surface area contributed by atoms with Crippen molar-refractivity contribution in [3.63, 3.8) is 0 Å². The van der Waals surface area contributed by atoms with Crippen LogP contribution in [-0.2, 0) is 4.79 Å². The minimum atomic E-state index is -0.863. The van der Waals surface area contributed by atoms with E-state index < -0.39 is 11.9 Å². The number of carbonyl (C=O) groups is 1. The van der Waals surface area contributed by atoms with Crippen LogP contribution in [0.15, 0.2) is 29.6 Å². The van der Waals surface area contributed by atoms with Crippen LogP contribution in [0.4, 0.5) is 0 Å². The average molecular weight is 263 g/mol. The Bertz CT molecular complexity index is 565. The highest BCUT2D eigenvalue weighted by molar-refractivity contribution is 7.13. The van der Waals surface area contributed by atoms with Crippen LogP contribution in [0.1, 0.15) is 18.5 Å². The van der Waals surface area contributed by atoms with Crippen LogP contribution in [0.2, 0.25) is 0 Å². The van der Waals surface area contributed by atoms with Crippen molar-refractivity contribution in [3.8, 4) is 16.3 Å². The highest BCUT2D eigenvalue weighted by atomic mass is 32.1. The number of hydrogen-bond donors (Lipinski definition) is 1. The Morgan fingerprint density at radius 1 is 1.50 bits per heavy atom. The number of aliphatic carboxylic acids is 1. The molecule has 0 radical (unpaired) electrons. The first-order valence-corrected chi connectivity index (χ1v) is 6.32. The number of aromatic nitrogens is 1. The molecule has 1 heterocycles. The minimum absolute atomic E-state index is 0.583. The van der Waals surface area contributed by atoms with E-state index in [9.17, 15) is 4.79 Å². The Balaban J connectivity index is 2.31. The van der Waals surface area contributed by atoms with Gasteiger partial charge in [-0.15, -0.1) is 11.3 Å². The monoisotopic (exact) mass is 263 g/mol. The Kier molecular flexibility index (Phi) is 3.62. The molecule has 0 fully saturated rings. The number of thiazole rings is 1. The topological polar surface area (TPSA) is 59.4 Å². The van der Waals surface area contributed by atoms with Gasteiger partial charge in [-0.25, -0.2) is 4.98 Å². The van der Waals surface area contributed by atoms with E-state index >= 15 is 0 Å². The summed E-state index contributed by atoms with van der Waals surface area (Å²) in [7, 11) is 1.61. The number of nitrogens with zero attached hydrogens (tertiary/aromatic N) is 1. The van der Waals surface area contributed by atoms with E-state index in [1.165, 1.54) is 11.3 Å². The molecule has 0 bridgehead atoms. The van der Waals surface area contributed by atoms with Crippen molar-refractivity contribution in [1.82, 2.24) is 4.98 Å². The van der Waals surface area contributed by atoms with E-state index in [0.717, 1.165) is 16.3 Å². The van der Waals surface area contributed by atoms with Crippen LogP contribution >= 0.6 is 11.3 Å². The van der Waals surface area contributed by atoms with Crippen molar-refractivity contribution >= 4 is 17.3 Å². The van der Waals surface area contributed by atoms with Gasteiger partial charge >= 0.3 is 5.97 Å². The van der Waals surface area contributed by atoms with Crippen LogP contribution in [-0.4, -0.2) is 23.2 Å². The van der Waals surface area contributed by atoms with E-state index in [0.29, 0.717) is 5.69 Å². The van der Waals surface area contributed by atoms with Gasteiger partial charge in [0, 0.05) is 10.9 Å². The second kappa shape index (κ2) is 5.18. The largest absolute Gasteiger partial charge is 0.497 e. The van der Waals surface area contributed by atoms with Crippen LogP contribution in [0, 0.1) is 0 Å². The first kappa shape index (κ1) is 12.6. The molecule has 0 saturated carbocycles. The third kappa shape index (κ3) is 2.51. The molecule has 1 aromatic carbocycles. The second-order valence-corrected chi connectivity index (χ2v) is 4.73. The summed E-state index contributed by atoms with van der Waals surface area (Å²) in [6, 6.07) is 7.55. The number of methoxy groups -OCH3 is 1. The first-order valence-electron chi connectivity index (χ1n) is 5.44. The number of hydrogen-bond acceptors (Lipinski definition) is 4. The fourth-order valence-corrected chi connectivity index (χ4v) is 2.41. The molecule has 94 valence electrons. The minimum Gasteiger partial charge on any atom is -0.497 e. The van der Waals surface area contributed by atoms with Gasteiger partial charge in [-0.05, 0) is 19.1 Å². The third-order valence-electron chi connectivity index (χ3n) is 2.65. The van der Waals surface area contributed by atoms with Gasteiger partial charge in [0.25, 0.3) is 0 Å². The van der Waals surface area contributed by atoms with Crippen molar-refractivity contribution in [2.24, 2.45) is 0 Å². The molecule has 0 aliphatic rings. The van der Waals surface area contributed by atoms with E-state index in [1.54, 1.807) is 19.4 Å². The van der Waals surface area contributed by atoms with Gasteiger partial charge in [0.15, 0.2) is 0 Å². The molecule has 1 N–H and O–H groups in total. The van der Waals surface area contributed by atoms with Crippen LogP contribution in [0.5, 0.6) is 5.75 Å². The summed E-state index contributed by atoms with van der Waals surface area (Å²) < 4.78 is 5.15. The molecule has 5 heteroatoms. The van der Waals surface area contributed by atoms with Crippen LogP contribution < -0.4 is 4.74 Å². The van der Waals surface area contributed by atoms with Gasteiger partial charge in [0.05, 0.1) is 18.7 Å². The fraction of sp³-hybridized carbons (Fsp3) is 0.231. The van der Waals surface area contributed by atoms with Gasteiger partial charge in [-0.3, -0.25) is 4.79 Å². The standard InChI is InChI=1S/C13H13NO3S/c1-8(13(15)16)11-7-18-12(14-11)9-4-3-5-10(6-9)17-2/h3-8H,1-2H3,(H,15,16). The Morgan fingerprint density at radius 3 is 2.94 bits per heavy atom. The quantitative estimate of drug-likeness (QED) is 0.921. The highest BCUT2D eigenvalue weighted by Crippen LogP contribution is 2.29. The molecule has 0 amide bonds. The summed E-state index contributed by atoms with van der Waals surface area (Å²) in [5.74, 6) is -0.686. The van der Waals surface area contributed by atoms with Crippen molar-refractivity contribution in [3.05, 3.63) is 35.3 Å². The van der Waals surface area contributed by atoms with E-state index in [1.807, 2.05) is 24.3 Å². The molecular formula is C13H13NO3S. The lowest BCUT2D eigenvalue weighted by Gasteiger charge is -2.02. The second-order valence-electron chi connectivity index (χ2n) is 3.87. The number of ether oxygens (including phenoxy) is 1. The molecule has 2 aromatic rings. The zero-order chi connectivity index (χ0) is 13.1. The molecule has 4 nitrogen and oxygen atoms in total. The summed E-state index contributed by atoms with van der Waals surface area (Å²) >= 11 is 1.44. The molecule has 18 heavy (non-hydrogen) atoms. The van der Waals surface area contributed by atoms with E-state index in [2.05, 4.69) is 4.98 Å². The van der Waals surface area contributed by atoms with Crippen molar-refractivity contribution < 1.29 is 14.6 Å². The SMILES string of the molecule is COc1cccc(-c2nc(C(C)C(=O)O)cs2)c1. The van der Waals surface area contributed by atoms with Crippen LogP contribution in [0.25, 0.3) is 10.6 Å². The number of carboxylic acids is 1. The molecule has 0 saturated heterocycles. The zero-order valence-corrected chi connectivity index (χ0v) is 10.9. The van der Waals surface area contributed by atoms with Gasteiger partial charge in [0.1, 0.15) is 10.8 Å². The average Bonchev–Trinajstić information content (AvgIpc) is 2.87. The molecule has 1 unspecified atom stereocenters. The van der Waals surface area contributed by atoms with Crippen LogP contribution in [0.3, 0.4) is 0 Å². The normalized spacial score (nSPS) is 12.1. The summed E-state index contributed by atoms with van der Waals surface area (Å²) in [5, 5.41) is 11.5. The predicted molar refractivity (Wildman–Crippen MR) is 70.2 cm³/mol. The summed E-state index contributed by atoms with van der Waals surface area (Å²) in [4.78, 5) is 15.2. The maximum absolute atomic E-state index is 10.9. The Hall–Kier alpha value is -1.88. The smallest absolute Gasteiger partial charge is 0.312 e. The zero-order valence-electron chi connectivity index (χ0n) is 10.1. The summed E-state index contributed by atoms with van der Waals surface area (Å²) in [6.45, 7) is 1.63. The van der Waals surface area contributed by atoms with Gasteiger partial charge < -0.3 is 9.84 Å². The molecular weight excluding hydrogens is 250 g/mol. The third-order valence-corrected chi connectivity index (χ3v) is 3.56. The number of rotatable bonds is 4. The van der Waals surface area contributed by atoms with Gasteiger partial charge in [-0.2, -0.15) is 0 Å². The first-order chi connectivity index (χ1) is 8.61.